The topological polar surface area (TPSA) is 54.5 Å². The molecule has 1 N–H and O–H groups in total. The summed E-state index contributed by atoms with van der Waals surface area (Å²) in [7, 11) is 0. The molecule has 0 spiro atoms. The van der Waals surface area contributed by atoms with Crippen LogP contribution in [-0.4, -0.2) is 35.6 Å². The molecule has 1 atom stereocenters. The average Bonchev–Trinajstić information content (AvgIpc) is 3.29. The molecule has 1 aromatic heterocycles. The molecular formula is C19H21N3O2. The summed E-state index contributed by atoms with van der Waals surface area (Å²) >= 11 is 0. The van der Waals surface area contributed by atoms with Crippen LogP contribution in [0.5, 0.6) is 5.75 Å². The smallest absolute Gasteiger partial charge is 0.317 e. The molecule has 2 aromatic rings. The average molecular weight is 323 g/mol. The molecule has 5 nitrogen and oxygen atoms in total. The minimum absolute atomic E-state index is 0.0122. The Morgan fingerprint density at radius 3 is 3.21 bits per heavy atom. The van der Waals surface area contributed by atoms with Gasteiger partial charge in [-0.15, -0.1) is 0 Å². The number of ether oxygens (including phenoxy) is 1. The summed E-state index contributed by atoms with van der Waals surface area (Å²) in [6, 6.07) is 10.2. The summed E-state index contributed by atoms with van der Waals surface area (Å²) in [5, 5.41) is 3.03. The van der Waals surface area contributed by atoms with Gasteiger partial charge in [0.05, 0.1) is 6.61 Å². The van der Waals surface area contributed by atoms with Crippen LogP contribution in [0.25, 0.3) is 0 Å². The molecule has 0 radical (unpaired) electrons. The zero-order valence-electron chi connectivity index (χ0n) is 13.6. The number of carbonyl (C=O) groups is 1. The third-order valence-corrected chi connectivity index (χ3v) is 4.83. The molecule has 124 valence electrons. The van der Waals surface area contributed by atoms with Crippen LogP contribution in [0.1, 0.15) is 29.0 Å². The molecule has 2 amide bonds. The van der Waals surface area contributed by atoms with Crippen molar-refractivity contribution in [1.82, 2.24) is 15.2 Å². The van der Waals surface area contributed by atoms with Crippen LogP contribution in [0, 0.1) is 0 Å². The lowest BCUT2D eigenvalue weighted by Crippen LogP contribution is -2.37. The summed E-state index contributed by atoms with van der Waals surface area (Å²) in [5.74, 6) is 1.37. The number of urea groups is 1. The van der Waals surface area contributed by atoms with Gasteiger partial charge < -0.3 is 15.0 Å². The normalized spacial score (nSPS) is 19.0. The molecule has 0 bridgehead atoms. The number of nitrogens with one attached hydrogen (secondary N) is 1. The molecule has 4 rings (SSSR count). The maximum absolute atomic E-state index is 12.4. The van der Waals surface area contributed by atoms with E-state index in [0.717, 1.165) is 43.9 Å². The molecule has 1 fully saturated rings. The summed E-state index contributed by atoms with van der Waals surface area (Å²) in [4.78, 5) is 18.5. The molecule has 1 unspecified atom stereocenters. The predicted octanol–water partition coefficient (Wildman–Crippen LogP) is 2.72. The van der Waals surface area contributed by atoms with Gasteiger partial charge in [0.2, 0.25) is 0 Å². The van der Waals surface area contributed by atoms with Crippen LogP contribution >= 0.6 is 0 Å². The van der Waals surface area contributed by atoms with Gasteiger partial charge in [-0.05, 0) is 35.2 Å². The van der Waals surface area contributed by atoms with Crippen LogP contribution in [0.2, 0.25) is 0 Å². The van der Waals surface area contributed by atoms with Crippen molar-refractivity contribution in [3.05, 3.63) is 59.4 Å². The fourth-order valence-corrected chi connectivity index (χ4v) is 3.47. The number of amides is 2. The lowest BCUT2D eigenvalue weighted by molar-refractivity contribution is 0.208. The van der Waals surface area contributed by atoms with Crippen LogP contribution in [-0.2, 0) is 13.0 Å². The number of likely N-dealkylation sites (tertiary alicyclic amines) is 1. The molecule has 0 saturated carbocycles. The quantitative estimate of drug-likeness (QED) is 0.945. The first-order valence-electron chi connectivity index (χ1n) is 8.47. The van der Waals surface area contributed by atoms with E-state index in [1.165, 1.54) is 11.1 Å². The second-order valence-electron chi connectivity index (χ2n) is 6.42. The van der Waals surface area contributed by atoms with Gasteiger partial charge in [-0.3, -0.25) is 4.98 Å². The Labute approximate surface area is 141 Å². The van der Waals surface area contributed by atoms with Crippen molar-refractivity contribution in [2.75, 3.05) is 19.7 Å². The third kappa shape index (κ3) is 3.07. The number of carbonyl (C=O) groups excluding carboxylic acids is 1. The zero-order chi connectivity index (χ0) is 16.4. The Hall–Kier alpha value is -2.56. The highest BCUT2D eigenvalue weighted by atomic mass is 16.5. The van der Waals surface area contributed by atoms with Gasteiger partial charge in [-0.2, -0.15) is 0 Å². The van der Waals surface area contributed by atoms with Crippen molar-refractivity contribution in [3.63, 3.8) is 0 Å². The summed E-state index contributed by atoms with van der Waals surface area (Å²) in [6.45, 7) is 2.87. The molecule has 1 aromatic carbocycles. The Bertz CT molecular complexity index is 733. The van der Waals surface area contributed by atoms with Crippen LogP contribution in [0.15, 0.2) is 42.7 Å². The fraction of sp³-hybridized carbons (Fsp3) is 0.368. The largest absolute Gasteiger partial charge is 0.493 e. The zero-order valence-corrected chi connectivity index (χ0v) is 13.6. The highest BCUT2D eigenvalue weighted by Crippen LogP contribution is 2.27. The number of aromatic nitrogens is 1. The number of hydrogen-bond donors (Lipinski definition) is 1. The fourth-order valence-electron chi connectivity index (χ4n) is 3.47. The Balaban J connectivity index is 1.32. The summed E-state index contributed by atoms with van der Waals surface area (Å²) in [5.41, 5.74) is 3.57. The van der Waals surface area contributed by atoms with Crippen LogP contribution < -0.4 is 10.1 Å². The maximum atomic E-state index is 12.4. The van der Waals surface area contributed by atoms with Gasteiger partial charge in [0.1, 0.15) is 5.75 Å². The van der Waals surface area contributed by atoms with Crippen LogP contribution in [0.3, 0.4) is 0 Å². The molecule has 5 heteroatoms. The van der Waals surface area contributed by atoms with Gasteiger partial charge >= 0.3 is 6.03 Å². The van der Waals surface area contributed by atoms with Crippen molar-refractivity contribution in [3.8, 4) is 5.75 Å². The van der Waals surface area contributed by atoms with Crippen molar-refractivity contribution in [2.24, 2.45) is 0 Å². The summed E-state index contributed by atoms with van der Waals surface area (Å²) in [6.07, 6.45) is 5.63. The first kappa shape index (κ1) is 15.0. The minimum atomic E-state index is 0.0122. The maximum Gasteiger partial charge on any atom is 0.317 e. The molecule has 0 aliphatic carbocycles. The number of rotatable bonds is 3. The van der Waals surface area contributed by atoms with E-state index in [0.29, 0.717) is 12.5 Å². The first-order chi connectivity index (χ1) is 11.8. The second kappa shape index (κ2) is 6.51. The van der Waals surface area contributed by atoms with E-state index in [-0.39, 0.29) is 6.03 Å². The van der Waals surface area contributed by atoms with Crippen molar-refractivity contribution >= 4 is 6.03 Å². The predicted molar refractivity (Wildman–Crippen MR) is 91.0 cm³/mol. The Morgan fingerprint density at radius 2 is 2.33 bits per heavy atom. The number of nitrogens with zero attached hydrogens (tertiary/aromatic N) is 2. The van der Waals surface area contributed by atoms with E-state index in [1.54, 1.807) is 6.20 Å². The molecular weight excluding hydrogens is 302 g/mol. The van der Waals surface area contributed by atoms with E-state index in [1.807, 2.05) is 29.3 Å². The number of pyridine rings is 1. The molecule has 3 heterocycles. The highest BCUT2D eigenvalue weighted by Gasteiger charge is 2.27. The first-order valence-corrected chi connectivity index (χ1v) is 8.47. The van der Waals surface area contributed by atoms with E-state index in [4.69, 9.17) is 4.74 Å². The Morgan fingerprint density at radius 1 is 1.38 bits per heavy atom. The van der Waals surface area contributed by atoms with Gasteiger partial charge in [-0.25, -0.2) is 4.79 Å². The van der Waals surface area contributed by atoms with Crippen LogP contribution in [0.4, 0.5) is 4.79 Å². The molecule has 2 aliphatic rings. The number of hydrogen-bond acceptors (Lipinski definition) is 3. The van der Waals surface area contributed by atoms with E-state index in [2.05, 4.69) is 22.4 Å². The lowest BCUT2D eigenvalue weighted by Gasteiger charge is -2.17. The monoisotopic (exact) mass is 323 g/mol. The molecule has 2 aliphatic heterocycles. The van der Waals surface area contributed by atoms with Crippen molar-refractivity contribution < 1.29 is 9.53 Å². The highest BCUT2D eigenvalue weighted by molar-refractivity contribution is 5.74. The van der Waals surface area contributed by atoms with Crippen molar-refractivity contribution in [1.29, 1.82) is 0 Å². The SMILES string of the molecule is O=C(NCc1ccc2c(c1)CCO2)N1CCC(c2cccnc2)C1. The molecule has 24 heavy (non-hydrogen) atoms. The number of fused-ring (bicyclic) bond motifs is 1. The van der Waals surface area contributed by atoms with Gasteiger partial charge in [-0.1, -0.05) is 18.2 Å². The van der Waals surface area contributed by atoms with Gasteiger partial charge in [0, 0.05) is 44.4 Å². The molecule has 1 saturated heterocycles. The van der Waals surface area contributed by atoms with E-state index < -0.39 is 0 Å². The van der Waals surface area contributed by atoms with Gasteiger partial charge in [0.25, 0.3) is 0 Å². The van der Waals surface area contributed by atoms with Gasteiger partial charge in [0.15, 0.2) is 0 Å². The van der Waals surface area contributed by atoms with E-state index >= 15 is 0 Å². The summed E-state index contributed by atoms with van der Waals surface area (Å²) < 4.78 is 5.51. The third-order valence-electron chi connectivity index (χ3n) is 4.83. The van der Waals surface area contributed by atoms with E-state index in [9.17, 15) is 4.79 Å². The lowest BCUT2D eigenvalue weighted by atomic mass is 10.0. The second-order valence-corrected chi connectivity index (χ2v) is 6.42. The minimum Gasteiger partial charge on any atom is -0.493 e. The number of benzene rings is 1. The van der Waals surface area contributed by atoms with Crippen molar-refractivity contribution in [2.45, 2.75) is 25.3 Å². The standard InChI is InChI=1S/C19H21N3O2/c23-19(21-11-14-3-4-18-15(10-14)6-9-24-18)22-8-5-17(13-22)16-2-1-7-20-12-16/h1-4,7,10,12,17H,5-6,8-9,11,13H2,(H,21,23). The Kier molecular flexibility index (Phi) is 4.07.